The van der Waals surface area contributed by atoms with Crippen molar-refractivity contribution in [1.82, 2.24) is 4.90 Å². The molecule has 1 aliphatic rings. The number of carbonyl (C=O) groups is 1. The molecule has 4 nitrogen and oxygen atoms in total. The Morgan fingerprint density at radius 1 is 0.829 bits per heavy atom. The van der Waals surface area contributed by atoms with Crippen LogP contribution in [-0.4, -0.2) is 31.3 Å². The number of benzene rings is 3. The van der Waals surface area contributed by atoms with Crippen molar-refractivity contribution in [3.63, 3.8) is 0 Å². The zero-order valence-electron chi connectivity index (χ0n) is 21.5. The van der Waals surface area contributed by atoms with Gasteiger partial charge in [-0.25, -0.2) is 0 Å². The standard InChI is InChI=1S/C30H37NO3Si/c1-30(2,3)35(4,5)34-27(25-19-13-8-14-20-25)26-28(33-22-24-17-11-7-12-18-24)29(32)31(26)21-23-15-9-6-10-16-23/h6-20,26-28H,21-22H2,1-5H3/t26-,27+,28+/m1/s1. The fourth-order valence-electron chi connectivity index (χ4n) is 4.23. The zero-order valence-corrected chi connectivity index (χ0v) is 22.5. The highest BCUT2D eigenvalue weighted by molar-refractivity contribution is 6.74. The maximum absolute atomic E-state index is 13.5. The van der Waals surface area contributed by atoms with Crippen LogP contribution in [0.4, 0.5) is 0 Å². The second-order valence-corrected chi connectivity index (χ2v) is 15.6. The molecule has 5 heteroatoms. The fourth-order valence-corrected chi connectivity index (χ4v) is 5.49. The number of nitrogens with zero attached hydrogens (tertiary/aromatic N) is 1. The van der Waals surface area contributed by atoms with E-state index in [1.54, 1.807) is 0 Å². The lowest BCUT2D eigenvalue weighted by atomic mass is 9.88. The molecule has 3 atom stereocenters. The molecule has 0 radical (unpaired) electrons. The zero-order chi connectivity index (χ0) is 25.1. The van der Waals surface area contributed by atoms with Gasteiger partial charge in [-0.1, -0.05) is 112 Å². The van der Waals surface area contributed by atoms with Crippen LogP contribution in [0.2, 0.25) is 18.1 Å². The number of ether oxygens (including phenoxy) is 1. The van der Waals surface area contributed by atoms with Crippen molar-refractivity contribution in [1.29, 1.82) is 0 Å². The lowest BCUT2D eigenvalue weighted by molar-refractivity contribution is -0.188. The summed E-state index contributed by atoms with van der Waals surface area (Å²) in [4.78, 5) is 15.4. The third-order valence-electron chi connectivity index (χ3n) is 7.33. The molecule has 184 valence electrons. The SMILES string of the molecule is CC(C)(C)[Si](C)(C)O[C@@H](c1ccccc1)[C@@H]1[C@H](OCc2ccccc2)C(=O)N1Cc1ccccc1. The Hall–Kier alpha value is -2.73. The van der Waals surface area contributed by atoms with E-state index in [9.17, 15) is 4.79 Å². The van der Waals surface area contributed by atoms with Crippen molar-refractivity contribution in [2.45, 2.75) is 70.3 Å². The molecule has 0 unspecified atom stereocenters. The van der Waals surface area contributed by atoms with Gasteiger partial charge in [0.15, 0.2) is 14.4 Å². The van der Waals surface area contributed by atoms with E-state index in [2.05, 4.69) is 58.1 Å². The van der Waals surface area contributed by atoms with Crippen LogP contribution < -0.4 is 0 Å². The molecule has 0 aliphatic carbocycles. The predicted octanol–water partition coefficient (Wildman–Crippen LogP) is 6.75. The second kappa shape index (κ2) is 10.5. The molecule has 1 amide bonds. The van der Waals surface area contributed by atoms with Crippen LogP contribution in [0.5, 0.6) is 0 Å². The summed E-state index contributed by atoms with van der Waals surface area (Å²) in [7, 11) is -2.15. The van der Waals surface area contributed by atoms with Crippen LogP contribution in [0.3, 0.4) is 0 Å². The number of β-lactam (4-membered cyclic amide) rings is 1. The largest absolute Gasteiger partial charge is 0.408 e. The highest BCUT2D eigenvalue weighted by atomic mass is 28.4. The molecule has 1 saturated heterocycles. The smallest absolute Gasteiger partial charge is 0.254 e. The summed E-state index contributed by atoms with van der Waals surface area (Å²) < 4.78 is 13.4. The number of hydrogen-bond donors (Lipinski definition) is 0. The minimum atomic E-state index is -2.15. The highest BCUT2D eigenvalue weighted by Gasteiger charge is 2.54. The van der Waals surface area contributed by atoms with Gasteiger partial charge in [-0.2, -0.15) is 0 Å². The van der Waals surface area contributed by atoms with Gasteiger partial charge >= 0.3 is 0 Å². The quantitative estimate of drug-likeness (QED) is 0.248. The minimum absolute atomic E-state index is 0.0227. The summed E-state index contributed by atoms with van der Waals surface area (Å²) in [6, 6.07) is 30.3. The second-order valence-electron chi connectivity index (χ2n) is 10.9. The Kier molecular flexibility index (Phi) is 7.60. The molecule has 1 aliphatic heterocycles. The molecule has 0 saturated carbocycles. The first-order valence-corrected chi connectivity index (χ1v) is 15.3. The number of rotatable bonds is 9. The van der Waals surface area contributed by atoms with Crippen molar-refractivity contribution in [3.8, 4) is 0 Å². The Labute approximate surface area is 211 Å². The summed E-state index contributed by atoms with van der Waals surface area (Å²) in [5.74, 6) is 0.0227. The summed E-state index contributed by atoms with van der Waals surface area (Å²) >= 11 is 0. The molecule has 0 spiro atoms. The Balaban J connectivity index is 1.68. The van der Waals surface area contributed by atoms with Crippen LogP contribution in [0.15, 0.2) is 91.0 Å². The van der Waals surface area contributed by atoms with E-state index in [0.29, 0.717) is 13.2 Å². The van der Waals surface area contributed by atoms with Crippen molar-refractivity contribution in [2.24, 2.45) is 0 Å². The average molecular weight is 488 g/mol. The van der Waals surface area contributed by atoms with Crippen LogP contribution in [0.1, 0.15) is 43.6 Å². The molecular weight excluding hydrogens is 450 g/mol. The van der Waals surface area contributed by atoms with Gasteiger partial charge in [0.1, 0.15) is 0 Å². The molecular formula is C30H37NO3Si. The van der Waals surface area contributed by atoms with Gasteiger partial charge in [0.2, 0.25) is 0 Å². The van der Waals surface area contributed by atoms with Gasteiger partial charge in [0.25, 0.3) is 5.91 Å². The molecule has 3 aromatic carbocycles. The maximum atomic E-state index is 13.5. The van der Waals surface area contributed by atoms with E-state index in [-0.39, 0.29) is 23.1 Å². The third-order valence-corrected chi connectivity index (χ3v) is 11.8. The molecule has 1 fully saturated rings. The Morgan fingerprint density at radius 2 is 1.34 bits per heavy atom. The molecule has 0 bridgehead atoms. The Bertz CT molecular complexity index is 1100. The van der Waals surface area contributed by atoms with Gasteiger partial charge < -0.3 is 14.1 Å². The summed E-state index contributed by atoms with van der Waals surface area (Å²) in [5.41, 5.74) is 3.25. The first kappa shape index (κ1) is 25.4. The van der Waals surface area contributed by atoms with E-state index in [1.807, 2.05) is 71.6 Å². The van der Waals surface area contributed by atoms with Crippen LogP contribution in [-0.2, 0) is 27.1 Å². The molecule has 0 aromatic heterocycles. The van der Waals surface area contributed by atoms with E-state index in [4.69, 9.17) is 9.16 Å². The average Bonchev–Trinajstić information content (AvgIpc) is 2.85. The van der Waals surface area contributed by atoms with Crippen molar-refractivity contribution in [3.05, 3.63) is 108 Å². The first-order chi connectivity index (χ1) is 16.7. The van der Waals surface area contributed by atoms with E-state index < -0.39 is 14.4 Å². The van der Waals surface area contributed by atoms with Gasteiger partial charge in [-0.3, -0.25) is 4.79 Å². The molecule has 35 heavy (non-hydrogen) atoms. The lowest BCUT2D eigenvalue weighted by Gasteiger charge is -2.52. The molecule has 1 heterocycles. The summed E-state index contributed by atoms with van der Waals surface area (Å²) in [5, 5.41) is 0.0401. The van der Waals surface area contributed by atoms with Crippen LogP contribution in [0, 0.1) is 0 Å². The summed E-state index contributed by atoms with van der Waals surface area (Å²) in [6.07, 6.45) is -0.812. The predicted molar refractivity (Wildman–Crippen MR) is 143 cm³/mol. The maximum Gasteiger partial charge on any atom is 0.254 e. The van der Waals surface area contributed by atoms with Crippen LogP contribution >= 0.6 is 0 Å². The topological polar surface area (TPSA) is 38.8 Å². The number of amides is 1. The van der Waals surface area contributed by atoms with Gasteiger partial charge in [-0.05, 0) is 34.8 Å². The Morgan fingerprint density at radius 3 is 1.89 bits per heavy atom. The third kappa shape index (κ3) is 5.75. The van der Waals surface area contributed by atoms with Crippen molar-refractivity contribution in [2.75, 3.05) is 0 Å². The lowest BCUT2D eigenvalue weighted by Crippen LogP contribution is -2.68. The number of likely N-dealkylation sites (tertiary alicyclic amines) is 1. The van der Waals surface area contributed by atoms with E-state index in [1.165, 1.54) is 0 Å². The molecule has 0 N–H and O–H groups in total. The molecule has 3 aromatic rings. The fraction of sp³-hybridized carbons (Fsp3) is 0.367. The van der Waals surface area contributed by atoms with Crippen LogP contribution in [0.25, 0.3) is 0 Å². The number of hydrogen-bond acceptors (Lipinski definition) is 3. The van der Waals surface area contributed by atoms with Crippen molar-refractivity contribution < 1.29 is 14.0 Å². The summed E-state index contributed by atoms with van der Waals surface area (Å²) in [6.45, 7) is 12.2. The van der Waals surface area contributed by atoms with E-state index >= 15 is 0 Å². The van der Waals surface area contributed by atoms with Gasteiger partial charge in [-0.15, -0.1) is 0 Å². The molecule has 4 rings (SSSR count). The normalized spacial score (nSPS) is 19.3. The van der Waals surface area contributed by atoms with Gasteiger partial charge in [0, 0.05) is 6.54 Å². The highest BCUT2D eigenvalue weighted by Crippen LogP contribution is 2.44. The first-order valence-electron chi connectivity index (χ1n) is 12.4. The minimum Gasteiger partial charge on any atom is -0.408 e. The number of carbonyl (C=O) groups excluding carboxylic acids is 1. The van der Waals surface area contributed by atoms with Gasteiger partial charge in [0.05, 0.1) is 18.8 Å². The van der Waals surface area contributed by atoms with Crippen molar-refractivity contribution >= 4 is 14.2 Å². The monoisotopic (exact) mass is 487 g/mol. The van der Waals surface area contributed by atoms with E-state index in [0.717, 1.165) is 16.7 Å².